The van der Waals surface area contributed by atoms with Crippen LogP contribution >= 0.6 is 0 Å². The number of aliphatic hydroxyl groups is 1. The fourth-order valence-corrected chi connectivity index (χ4v) is 3.04. The number of rotatable bonds is 6. The molecule has 0 aliphatic heterocycles. The first-order chi connectivity index (χ1) is 12.1. The molecule has 0 bridgehead atoms. The van der Waals surface area contributed by atoms with Crippen molar-refractivity contribution in [3.63, 3.8) is 0 Å². The standard InChI is InChI=1S/C19H25N3O3/c1-14-12-20-22(13-14)11-10-19(24)21-15-6-8-16(9-7-15)25-18-5-3-2-4-17(18)23/h6-9,12-13,17-18,23H,2-5,10-11H2,1H3,(H,21,24). The first kappa shape index (κ1) is 17.5. The molecule has 1 aliphatic rings. The third-order valence-corrected chi connectivity index (χ3v) is 4.42. The number of hydrogen-bond donors (Lipinski definition) is 2. The van der Waals surface area contributed by atoms with Crippen LogP contribution in [0, 0.1) is 6.92 Å². The molecule has 1 aromatic heterocycles. The van der Waals surface area contributed by atoms with E-state index in [1.165, 1.54) is 0 Å². The van der Waals surface area contributed by atoms with Gasteiger partial charge < -0.3 is 15.2 Å². The summed E-state index contributed by atoms with van der Waals surface area (Å²) in [6, 6.07) is 7.29. The summed E-state index contributed by atoms with van der Waals surface area (Å²) in [5.41, 5.74) is 1.82. The van der Waals surface area contributed by atoms with Crippen LogP contribution in [0.2, 0.25) is 0 Å². The molecule has 6 heteroatoms. The van der Waals surface area contributed by atoms with E-state index in [1.54, 1.807) is 10.9 Å². The van der Waals surface area contributed by atoms with Crippen molar-refractivity contribution in [2.45, 2.75) is 57.8 Å². The van der Waals surface area contributed by atoms with Crippen molar-refractivity contribution < 1.29 is 14.6 Å². The minimum atomic E-state index is -0.390. The van der Waals surface area contributed by atoms with Gasteiger partial charge >= 0.3 is 0 Å². The van der Waals surface area contributed by atoms with Gasteiger partial charge in [-0.15, -0.1) is 0 Å². The molecule has 6 nitrogen and oxygen atoms in total. The molecule has 2 unspecified atom stereocenters. The second-order valence-corrected chi connectivity index (χ2v) is 6.61. The number of nitrogens with zero attached hydrogens (tertiary/aromatic N) is 2. The number of benzene rings is 1. The van der Waals surface area contributed by atoms with Crippen molar-refractivity contribution in [2.75, 3.05) is 5.32 Å². The number of nitrogens with one attached hydrogen (secondary N) is 1. The molecule has 2 atom stereocenters. The number of hydrogen-bond acceptors (Lipinski definition) is 4. The first-order valence-corrected chi connectivity index (χ1v) is 8.84. The quantitative estimate of drug-likeness (QED) is 0.845. The van der Waals surface area contributed by atoms with E-state index >= 15 is 0 Å². The molecule has 1 heterocycles. The Labute approximate surface area is 147 Å². The van der Waals surface area contributed by atoms with E-state index in [0.717, 1.165) is 42.7 Å². The van der Waals surface area contributed by atoms with Gasteiger partial charge in [-0.2, -0.15) is 5.10 Å². The Kier molecular flexibility index (Phi) is 5.71. The van der Waals surface area contributed by atoms with Crippen molar-refractivity contribution in [1.29, 1.82) is 0 Å². The predicted molar refractivity (Wildman–Crippen MR) is 95.5 cm³/mol. The lowest BCUT2D eigenvalue weighted by atomic mass is 9.95. The van der Waals surface area contributed by atoms with Gasteiger partial charge in [0, 0.05) is 24.8 Å². The number of aliphatic hydroxyl groups excluding tert-OH is 1. The van der Waals surface area contributed by atoms with E-state index in [1.807, 2.05) is 37.4 Å². The number of carbonyl (C=O) groups excluding carboxylic acids is 1. The van der Waals surface area contributed by atoms with Crippen molar-refractivity contribution in [3.05, 3.63) is 42.2 Å². The smallest absolute Gasteiger partial charge is 0.226 e. The highest BCUT2D eigenvalue weighted by Gasteiger charge is 2.24. The van der Waals surface area contributed by atoms with E-state index in [-0.39, 0.29) is 18.1 Å². The van der Waals surface area contributed by atoms with Gasteiger partial charge in [-0.1, -0.05) is 6.42 Å². The molecule has 1 aromatic carbocycles. The van der Waals surface area contributed by atoms with Crippen molar-refractivity contribution in [3.8, 4) is 5.75 Å². The van der Waals surface area contributed by atoms with Gasteiger partial charge in [-0.05, 0) is 56.0 Å². The third kappa shape index (κ3) is 5.06. The Morgan fingerprint density at radius 3 is 2.76 bits per heavy atom. The molecule has 3 rings (SSSR count). The van der Waals surface area contributed by atoms with Gasteiger partial charge in [0.2, 0.25) is 5.91 Å². The lowest BCUT2D eigenvalue weighted by molar-refractivity contribution is -0.116. The summed E-state index contributed by atoms with van der Waals surface area (Å²) >= 11 is 0. The van der Waals surface area contributed by atoms with Crippen molar-refractivity contribution >= 4 is 11.6 Å². The number of aryl methyl sites for hydroxylation is 2. The normalized spacial score (nSPS) is 20.2. The molecule has 0 saturated heterocycles. The number of amides is 1. The van der Waals surface area contributed by atoms with Crippen LogP contribution in [0.3, 0.4) is 0 Å². The topological polar surface area (TPSA) is 76.4 Å². The summed E-state index contributed by atoms with van der Waals surface area (Å²) in [6.07, 6.45) is 7.37. The molecule has 1 fully saturated rings. The van der Waals surface area contributed by atoms with E-state index in [2.05, 4.69) is 10.4 Å². The van der Waals surface area contributed by atoms with Gasteiger partial charge in [-0.25, -0.2) is 0 Å². The highest BCUT2D eigenvalue weighted by Crippen LogP contribution is 2.24. The zero-order valence-corrected chi connectivity index (χ0v) is 14.5. The van der Waals surface area contributed by atoms with Gasteiger partial charge in [0.25, 0.3) is 0 Å². The molecule has 2 aromatic rings. The molecular formula is C19H25N3O3. The van der Waals surface area contributed by atoms with Gasteiger partial charge in [0.05, 0.1) is 12.3 Å². The Bertz CT molecular complexity index is 696. The van der Waals surface area contributed by atoms with E-state index < -0.39 is 0 Å². The summed E-state index contributed by atoms with van der Waals surface area (Å²) in [6.45, 7) is 2.53. The lowest BCUT2D eigenvalue weighted by Crippen LogP contribution is -2.34. The zero-order valence-electron chi connectivity index (χ0n) is 14.5. The lowest BCUT2D eigenvalue weighted by Gasteiger charge is -2.28. The average molecular weight is 343 g/mol. The van der Waals surface area contributed by atoms with Crippen LogP contribution in [0.4, 0.5) is 5.69 Å². The van der Waals surface area contributed by atoms with E-state index in [0.29, 0.717) is 13.0 Å². The van der Waals surface area contributed by atoms with Crippen molar-refractivity contribution in [2.24, 2.45) is 0 Å². The first-order valence-electron chi connectivity index (χ1n) is 8.84. The molecule has 1 saturated carbocycles. The number of anilines is 1. The van der Waals surface area contributed by atoms with E-state index in [4.69, 9.17) is 4.74 Å². The van der Waals surface area contributed by atoms with Crippen LogP contribution in [-0.4, -0.2) is 33.0 Å². The number of ether oxygens (including phenoxy) is 1. The summed E-state index contributed by atoms with van der Waals surface area (Å²) in [4.78, 5) is 12.0. The Morgan fingerprint density at radius 2 is 2.08 bits per heavy atom. The average Bonchev–Trinajstić information content (AvgIpc) is 3.02. The molecule has 134 valence electrons. The van der Waals surface area contributed by atoms with Crippen LogP contribution in [0.25, 0.3) is 0 Å². The highest BCUT2D eigenvalue weighted by atomic mass is 16.5. The second-order valence-electron chi connectivity index (χ2n) is 6.61. The number of carbonyl (C=O) groups is 1. The molecule has 25 heavy (non-hydrogen) atoms. The predicted octanol–water partition coefficient (Wildman–Crippen LogP) is 2.90. The monoisotopic (exact) mass is 343 g/mol. The SMILES string of the molecule is Cc1cnn(CCC(=O)Nc2ccc(OC3CCCCC3O)cc2)c1. The maximum Gasteiger partial charge on any atom is 0.226 e. The largest absolute Gasteiger partial charge is 0.488 e. The molecular weight excluding hydrogens is 318 g/mol. The second kappa shape index (κ2) is 8.16. The van der Waals surface area contributed by atoms with Crippen LogP contribution in [-0.2, 0) is 11.3 Å². The summed E-state index contributed by atoms with van der Waals surface area (Å²) in [7, 11) is 0. The zero-order chi connectivity index (χ0) is 17.6. The van der Waals surface area contributed by atoms with Crippen LogP contribution in [0.1, 0.15) is 37.7 Å². The van der Waals surface area contributed by atoms with Crippen LogP contribution in [0.5, 0.6) is 5.75 Å². The fraction of sp³-hybridized carbons (Fsp3) is 0.474. The van der Waals surface area contributed by atoms with Gasteiger partial charge in [0.1, 0.15) is 11.9 Å². The minimum absolute atomic E-state index is 0.0514. The Balaban J connectivity index is 1.47. The van der Waals surface area contributed by atoms with Crippen LogP contribution < -0.4 is 10.1 Å². The fourth-order valence-electron chi connectivity index (χ4n) is 3.04. The Hall–Kier alpha value is -2.34. The van der Waals surface area contributed by atoms with Gasteiger partial charge in [-0.3, -0.25) is 9.48 Å². The van der Waals surface area contributed by atoms with Crippen molar-refractivity contribution in [1.82, 2.24) is 9.78 Å². The summed E-state index contributed by atoms with van der Waals surface area (Å²) in [5, 5.41) is 17.0. The van der Waals surface area contributed by atoms with Gasteiger partial charge in [0.15, 0.2) is 0 Å². The minimum Gasteiger partial charge on any atom is -0.488 e. The third-order valence-electron chi connectivity index (χ3n) is 4.42. The molecule has 2 N–H and O–H groups in total. The molecule has 0 radical (unpaired) electrons. The Morgan fingerprint density at radius 1 is 1.32 bits per heavy atom. The number of aromatic nitrogens is 2. The summed E-state index contributed by atoms with van der Waals surface area (Å²) in [5.74, 6) is 0.667. The highest BCUT2D eigenvalue weighted by molar-refractivity contribution is 5.90. The van der Waals surface area contributed by atoms with E-state index in [9.17, 15) is 9.90 Å². The maximum atomic E-state index is 12.0. The molecule has 1 aliphatic carbocycles. The summed E-state index contributed by atoms with van der Waals surface area (Å²) < 4.78 is 7.63. The molecule has 1 amide bonds. The van der Waals surface area contributed by atoms with Crippen LogP contribution in [0.15, 0.2) is 36.7 Å². The molecule has 0 spiro atoms. The maximum absolute atomic E-state index is 12.0.